The number of fused-ring (bicyclic) bond motifs is 1. The Balaban J connectivity index is 2.56. The second kappa shape index (κ2) is 5.35. The number of carboxylic acid groups (broad SMARTS) is 1. The Morgan fingerprint density at radius 2 is 1.74 bits per heavy atom. The summed E-state index contributed by atoms with van der Waals surface area (Å²) in [5.74, 6) is -0.818. The average molecular weight is 256 g/mol. The topological polar surface area (TPSA) is 63.6 Å². The Hall–Kier alpha value is -2.62. The van der Waals surface area contributed by atoms with E-state index in [0.717, 1.165) is 22.9 Å². The van der Waals surface area contributed by atoms with Gasteiger partial charge in [0.05, 0.1) is 7.11 Å². The van der Waals surface area contributed by atoms with E-state index in [2.05, 4.69) is 0 Å². The maximum Gasteiger partial charge on any atom is 0.328 e. The summed E-state index contributed by atoms with van der Waals surface area (Å²) in [6.07, 6.45) is 1.89. The SMILES string of the molecule is COc1ccc(C(=O)/C=C\C(=O)O)c2ccccc12. The van der Waals surface area contributed by atoms with E-state index in [9.17, 15) is 9.59 Å². The number of rotatable bonds is 4. The highest BCUT2D eigenvalue weighted by atomic mass is 16.5. The van der Waals surface area contributed by atoms with Gasteiger partial charge < -0.3 is 9.84 Å². The van der Waals surface area contributed by atoms with Gasteiger partial charge in [-0.15, -0.1) is 0 Å². The van der Waals surface area contributed by atoms with E-state index >= 15 is 0 Å². The third kappa shape index (κ3) is 2.63. The molecule has 2 aromatic carbocycles. The summed E-state index contributed by atoms with van der Waals surface area (Å²) in [7, 11) is 1.56. The molecule has 0 amide bonds. The molecule has 0 saturated heterocycles. The Morgan fingerprint density at radius 3 is 2.37 bits per heavy atom. The van der Waals surface area contributed by atoms with Crippen molar-refractivity contribution in [1.29, 1.82) is 0 Å². The van der Waals surface area contributed by atoms with Crippen LogP contribution >= 0.6 is 0 Å². The first-order valence-corrected chi connectivity index (χ1v) is 5.64. The van der Waals surface area contributed by atoms with Crippen LogP contribution in [-0.2, 0) is 4.79 Å². The van der Waals surface area contributed by atoms with Gasteiger partial charge in [0.2, 0.25) is 0 Å². The molecule has 0 atom stereocenters. The monoisotopic (exact) mass is 256 g/mol. The van der Waals surface area contributed by atoms with E-state index in [0.29, 0.717) is 11.3 Å². The molecule has 19 heavy (non-hydrogen) atoms. The fourth-order valence-electron chi connectivity index (χ4n) is 1.90. The minimum absolute atomic E-state index is 0.346. The molecular formula is C15H12O4. The van der Waals surface area contributed by atoms with Crippen LogP contribution in [0.3, 0.4) is 0 Å². The number of allylic oxidation sites excluding steroid dienone is 1. The lowest BCUT2D eigenvalue weighted by Gasteiger charge is -2.08. The third-order valence-electron chi connectivity index (χ3n) is 2.75. The van der Waals surface area contributed by atoms with E-state index in [1.807, 2.05) is 18.2 Å². The van der Waals surface area contributed by atoms with E-state index < -0.39 is 5.97 Å². The second-order valence-corrected chi connectivity index (χ2v) is 3.90. The number of carboxylic acids is 1. The summed E-state index contributed by atoms with van der Waals surface area (Å²) in [5, 5.41) is 10.1. The number of ether oxygens (including phenoxy) is 1. The first kappa shape index (κ1) is 12.8. The fourth-order valence-corrected chi connectivity index (χ4v) is 1.90. The third-order valence-corrected chi connectivity index (χ3v) is 2.75. The minimum Gasteiger partial charge on any atom is -0.496 e. The molecule has 0 heterocycles. The Bertz CT molecular complexity index is 671. The van der Waals surface area contributed by atoms with Crippen LogP contribution < -0.4 is 4.74 Å². The summed E-state index contributed by atoms with van der Waals surface area (Å²) in [6, 6.07) is 10.7. The summed E-state index contributed by atoms with van der Waals surface area (Å²) in [4.78, 5) is 22.4. The zero-order valence-corrected chi connectivity index (χ0v) is 10.3. The number of carbonyl (C=O) groups excluding carboxylic acids is 1. The summed E-state index contributed by atoms with van der Waals surface area (Å²) in [6.45, 7) is 0. The van der Waals surface area contributed by atoms with Crippen LogP contribution in [0.25, 0.3) is 10.8 Å². The normalized spacial score (nSPS) is 10.8. The molecule has 0 aliphatic heterocycles. The first-order chi connectivity index (χ1) is 9.13. The van der Waals surface area contributed by atoms with Crippen LogP contribution in [0.5, 0.6) is 5.75 Å². The lowest BCUT2D eigenvalue weighted by molar-refractivity contribution is -0.131. The molecule has 2 rings (SSSR count). The van der Waals surface area contributed by atoms with Gasteiger partial charge >= 0.3 is 5.97 Å². The van der Waals surface area contributed by atoms with Crippen LogP contribution in [0.4, 0.5) is 0 Å². The number of aliphatic carboxylic acids is 1. The van der Waals surface area contributed by atoms with Gasteiger partial charge in [-0.25, -0.2) is 4.79 Å². The van der Waals surface area contributed by atoms with Crippen LogP contribution in [0.1, 0.15) is 10.4 Å². The zero-order chi connectivity index (χ0) is 13.8. The molecule has 0 spiro atoms. The van der Waals surface area contributed by atoms with Gasteiger partial charge in [-0.2, -0.15) is 0 Å². The summed E-state index contributed by atoms with van der Waals surface area (Å²) >= 11 is 0. The van der Waals surface area contributed by atoms with Gasteiger partial charge in [0, 0.05) is 17.0 Å². The van der Waals surface area contributed by atoms with E-state index in [1.165, 1.54) is 0 Å². The van der Waals surface area contributed by atoms with Crippen molar-refractivity contribution in [2.75, 3.05) is 7.11 Å². The van der Waals surface area contributed by atoms with E-state index in [-0.39, 0.29) is 5.78 Å². The number of ketones is 1. The van der Waals surface area contributed by atoms with Crippen molar-refractivity contribution in [3.8, 4) is 5.75 Å². The van der Waals surface area contributed by atoms with Crippen LogP contribution in [-0.4, -0.2) is 24.0 Å². The molecule has 0 aromatic heterocycles. The summed E-state index contributed by atoms with van der Waals surface area (Å²) in [5.41, 5.74) is 0.453. The molecule has 1 N–H and O–H groups in total. The fraction of sp³-hybridized carbons (Fsp3) is 0.0667. The Morgan fingerprint density at radius 1 is 1.05 bits per heavy atom. The predicted octanol–water partition coefficient (Wildman–Crippen LogP) is 2.67. The van der Waals surface area contributed by atoms with Crippen molar-refractivity contribution in [2.24, 2.45) is 0 Å². The number of hydrogen-bond donors (Lipinski definition) is 1. The quantitative estimate of drug-likeness (QED) is 0.674. The smallest absolute Gasteiger partial charge is 0.328 e. The molecule has 0 aliphatic carbocycles. The lowest BCUT2D eigenvalue weighted by Crippen LogP contribution is -1.98. The molecule has 0 radical (unpaired) electrons. The van der Waals surface area contributed by atoms with E-state index in [4.69, 9.17) is 9.84 Å². The number of hydrogen-bond acceptors (Lipinski definition) is 3. The lowest BCUT2D eigenvalue weighted by atomic mass is 10.0. The molecule has 2 aromatic rings. The van der Waals surface area contributed by atoms with Gasteiger partial charge in [0.15, 0.2) is 5.78 Å². The highest BCUT2D eigenvalue weighted by molar-refractivity contribution is 6.15. The Kier molecular flexibility index (Phi) is 3.61. The van der Waals surface area contributed by atoms with Crippen LogP contribution in [0.2, 0.25) is 0 Å². The highest BCUT2D eigenvalue weighted by Crippen LogP contribution is 2.28. The zero-order valence-electron chi connectivity index (χ0n) is 10.3. The summed E-state index contributed by atoms with van der Waals surface area (Å²) < 4.78 is 5.24. The highest BCUT2D eigenvalue weighted by Gasteiger charge is 2.10. The molecule has 4 heteroatoms. The number of methoxy groups -OCH3 is 1. The maximum absolute atomic E-state index is 12.0. The second-order valence-electron chi connectivity index (χ2n) is 3.90. The van der Waals surface area contributed by atoms with Crippen LogP contribution in [0, 0.1) is 0 Å². The van der Waals surface area contributed by atoms with Crippen molar-refractivity contribution in [2.45, 2.75) is 0 Å². The number of benzene rings is 2. The van der Waals surface area contributed by atoms with Crippen molar-refractivity contribution < 1.29 is 19.4 Å². The molecule has 0 fully saturated rings. The molecule has 0 saturated carbocycles. The largest absolute Gasteiger partial charge is 0.496 e. The molecule has 0 unspecified atom stereocenters. The van der Waals surface area contributed by atoms with Gasteiger partial charge in [0.25, 0.3) is 0 Å². The molecule has 0 bridgehead atoms. The first-order valence-electron chi connectivity index (χ1n) is 5.64. The van der Waals surface area contributed by atoms with Crippen molar-refractivity contribution >= 4 is 22.5 Å². The maximum atomic E-state index is 12.0. The predicted molar refractivity (Wildman–Crippen MR) is 71.6 cm³/mol. The standard InChI is InChI=1S/C15H12O4/c1-19-14-8-6-11(13(16)7-9-15(17)18)10-4-2-3-5-12(10)14/h2-9H,1H3,(H,17,18)/b9-7-. The van der Waals surface area contributed by atoms with E-state index in [1.54, 1.807) is 25.3 Å². The number of carbonyl (C=O) groups is 2. The molecule has 0 aliphatic rings. The van der Waals surface area contributed by atoms with Gasteiger partial charge in [0.1, 0.15) is 5.75 Å². The van der Waals surface area contributed by atoms with Crippen LogP contribution in [0.15, 0.2) is 48.6 Å². The van der Waals surface area contributed by atoms with Crippen molar-refractivity contribution in [3.05, 3.63) is 54.1 Å². The molecule has 96 valence electrons. The molecule has 4 nitrogen and oxygen atoms in total. The minimum atomic E-state index is -1.15. The average Bonchev–Trinajstić information content (AvgIpc) is 2.43. The Labute approximate surface area is 109 Å². The molecular weight excluding hydrogens is 244 g/mol. The van der Waals surface area contributed by atoms with Gasteiger partial charge in [-0.1, -0.05) is 24.3 Å². The van der Waals surface area contributed by atoms with Gasteiger partial charge in [-0.3, -0.25) is 4.79 Å². The van der Waals surface area contributed by atoms with Gasteiger partial charge in [-0.05, 0) is 23.6 Å². The van der Waals surface area contributed by atoms with Crippen molar-refractivity contribution in [3.63, 3.8) is 0 Å². The van der Waals surface area contributed by atoms with Crippen molar-refractivity contribution in [1.82, 2.24) is 0 Å².